The fraction of sp³-hybridized carbons (Fsp3) is 0.583. The Morgan fingerprint density at radius 2 is 2.06 bits per heavy atom. The van der Waals surface area contributed by atoms with Crippen LogP contribution < -0.4 is 0 Å². The third-order valence-electron chi connectivity index (χ3n) is 3.17. The zero-order valence-electron chi connectivity index (χ0n) is 10.2. The van der Waals surface area contributed by atoms with Gasteiger partial charge in [0.05, 0.1) is 8.66 Å². The lowest BCUT2D eigenvalue weighted by molar-refractivity contribution is 0.0648. The molecule has 3 nitrogen and oxygen atoms in total. The minimum absolute atomic E-state index is 0.180. The average molecular weight is 317 g/mol. The Kier molecular flexibility index (Phi) is 4.22. The number of amides is 1. The molecule has 0 bridgehead atoms. The fourth-order valence-corrected chi connectivity index (χ4v) is 3.49. The lowest BCUT2D eigenvalue weighted by Crippen LogP contribution is -2.48. The summed E-state index contributed by atoms with van der Waals surface area (Å²) >= 11 is 5.00. The van der Waals surface area contributed by atoms with Crippen LogP contribution in [0, 0.1) is 6.92 Å². The topological polar surface area (TPSA) is 23.6 Å². The zero-order chi connectivity index (χ0) is 12.4. The number of hydrogen-bond donors (Lipinski definition) is 0. The van der Waals surface area contributed by atoms with Crippen molar-refractivity contribution in [1.82, 2.24) is 9.80 Å². The van der Waals surface area contributed by atoms with Gasteiger partial charge in [0.15, 0.2) is 0 Å². The molecule has 0 aliphatic carbocycles. The van der Waals surface area contributed by atoms with E-state index in [9.17, 15) is 4.79 Å². The average Bonchev–Trinajstić information content (AvgIpc) is 2.69. The van der Waals surface area contributed by atoms with Crippen molar-refractivity contribution in [1.29, 1.82) is 0 Å². The summed E-state index contributed by atoms with van der Waals surface area (Å²) in [5.41, 5.74) is 1.14. The summed E-state index contributed by atoms with van der Waals surface area (Å²) in [6, 6.07) is 1.98. The van der Waals surface area contributed by atoms with Gasteiger partial charge in [-0.2, -0.15) is 0 Å². The molecule has 2 heterocycles. The highest BCUT2D eigenvalue weighted by Gasteiger charge is 2.22. The quantitative estimate of drug-likeness (QED) is 0.837. The maximum Gasteiger partial charge on any atom is 0.264 e. The smallest absolute Gasteiger partial charge is 0.264 e. The molecule has 1 aromatic rings. The number of carbonyl (C=O) groups is 1. The number of hydrogen-bond acceptors (Lipinski definition) is 3. The Labute approximate surface area is 115 Å². The molecule has 0 spiro atoms. The van der Waals surface area contributed by atoms with Crippen molar-refractivity contribution in [3.63, 3.8) is 0 Å². The molecular formula is C12H17BrN2OS. The largest absolute Gasteiger partial charge is 0.335 e. The molecule has 0 aromatic carbocycles. The number of piperazine rings is 1. The summed E-state index contributed by atoms with van der Waals surface area (Å²) in [7, 11) is 0. The van der Waals surface area contributed by atoms with Crippen LogP contribution in [0.4, 0.5) is 0 Å². The second-order valence-corrected chi connectivity index (χ2v) is 6.66. The van der Waals surface area contributed by atoms with Gasteiger partial charge < -0.3 is 9.80 Å². The summed E-state index contributed by atoms with van der Waals surface area (Å²) in [6.07, 6.45) is 0. The molecule has 0 unspecified atom stereocenters. The summed E-state index contributed by atoms with van der Waals surface area (Å²) in [4.78, 5) is 17.4. The standard InChI is InChI=1S/C12H17BrN2OS/c1-3-14-4-6-15(7-5-14)12(16)10-8-9(2)11(13)17-10/h8H,3-7H2,1-2H3. The molecule has 0 atom stereocenters. The predicted octanol–water partition coefficient (Wildman–Crippen LogP) is 2.60. The first-order valence-corrected chi connectivity index (χ1v) is 7.50. The molecule has 1 saturated heterocycles. The van der Waals surface area contributed by atoms with Gasteiger partial charge in [-0.05, 0) is 41.0 Å². The van der Waals surface area contributed by atoms with Crippen molar-refractivity contribution in [2.24, 2.45) is 0 Å². The second kappa shape index (κ2) is 5.50. The first kappa shape index (κ1) is 13.1. The van der Waals surface area contributed by atoms with Gasteiger partial charge in [-0.3, -0.25) is 4.79 Å². The Hall–Kier alpha value is -0.390. The number of halogens is 1. The molecule has 1 fully saturated rings. The van der Waals surface area contributed by atoms with Crippen molar-refractivity contribution in [3.05, 3.63) is 20.3 Å². The van der Waals surface area contributed by atoms with Crippen molar-refractivity contribution < 1.29 is 4.79 Å². The molecule has 17 heavy (non-hydrogen) atoms. The molecule has 1 aliphatic rings. The van der Waals surface area contributed by atoms with Crippen molar-refractivity contribution in [2.45, 2.75) is 13.8 Å². The van der Waals surface area contributed by atoms with Crippen LogP contribution in [0.5, 0.6) is 0 Å². The minimum atomic E-state index is 0.180. The molecule has 94 valence electrons. The number of thiophene rings is 1. The van der Waals surface area contributed by atoms with E-state index in [1.807, 2.05) is 17.9 Å². The predicted molar refractivity (Wildman–Crippen MR) is 74.8 cm³/mol. The van der Waals surface area contributed by atoms with Gasteiger partial charge in [-0.1, -0.05) is 6.92 Å². The molecule has 0 radical (unpaired) electrons. The van der Waals surface area contributed by atoms with Crippen LogP contribution in [0.25, 0.3) is 0 Å². The molecule has 0 saturated carbocycles. The lowest BCUT2D eigenvalue weighted by atomic mass is 10.2. The van der Waals surface area contributed by atoms with Crippen LogP contribution in [-0.4, -0.2) is 48.4 Å². The SMILES string of the molecule is CCN1CCN(C(=O)c2cc(C)c(Br)s2)CC1. The van der Waals surface area contributed by atoms with E-state index in [0.29, 0.717) is 0 Å². The molecule has 2 rings (SSSR count). The summed E-state index contributed by atoms with van der Waals surface area (Å²) in [5, 5.41) is 0. The molecule has 1 aromatic heterocycles. The van der Waals surface area contributed by atoms with Crippen LogP contribution in [-0.2, 0) is 0 Å². The van der Waals surface area contributed by atoms with Gasteiger partial charge in [0, 0.05) is 26.2 Å². The third-order valence-corrected chi connectivity index (χ3v) is 5.30. The first-order chi connectivity index (χ1) is 8.11. The molecule has 5 heteroatoms. The monoisotopic (exact) mass is 316 g/mol. The lowest BCUT2D eigenvalue weighted by Gasteiger charge is -2.33. The van der Waals surface area contributed by atoms with E-state index < -0.39 is 0 Å². The molecule has 0 N–H and O–H groups in total. The molecular weight excluding hydrogens is 300 g/mol. The number of rotatable bonds is 2. The number of aryl methyl sites for hydroxylation is 1. The molecule has 1 amide bonds. The maximum atomic E-state index is 12.3. The highest BCUT2D eigenvalue weighted by molar-refractivity contribution is 9.11. The van der Waals surface area contributed by atoms with Crippen LogP contribution in [0.15, 0.2) is 9.85 Å². The fourth-order valence-electron chi connectivity index (χ4n) is 1.99. The van der Waals surface area contributed by atoms with E-state index in [1.54, 1.807) is 0 Å². The molecule has 1 aliphatic heterocycles. The normalized spacial score (nSPS) is 17.5. The Morgan fingerprint density at radius 1 is 1.41 bits per heavy atom. The van der Waals surface area contributed by atoms with Crippen LogP contribution in [0.3, 0.4) is 0 Å². The number of carbonyl (C=O) groups excluding carboxylic acids is 1. The van der Waals surface area contributed by atoms with E-state index in [2.05, 4.69) is 27.8 Å². The van der Waals surface area contributed by atoms with Crippen molar-refractivity contribution in [2.75, 3.05) is 32.7 Å². The van der Waals surface area contributed by atoms with Crippen LogP contribution >= 0.6 is 27.3 Å². The Balaban J connectivity index is 2.01. The van der Waals surface area contributed by atoms with Gasteiger partial charge in [0.2, 0.25) is 0 Å². The minimum Gasteiger partial charge on any atom is -0.335 e. The Bertz CT molecular complexity index is 391. The van der Waals surface area contributed by atoms with Crippen LogP contribution in [0.2, 0.25) is 0 Å². The summed E-state index contributed by atoms with van der Waals surface area (Å²) < 4.78 is 1.06. The highest BCUT2D eigenvalue weighted by atomic mass is 79.9. The highest BCUT2D eigenvalue weighted by Crippen LogP contribution is 2.28. The zero-order valence-corrected chi connectivity index (χ0v) is 12.6. The number of likely N-dealkylation sites (N-methyl/N-ethyl adjacent to an activating group) is 1. The van der Waals surface area contributed by atoms with E-state index in [-0.39, 0.29) is 5.91 Å². The van der Waals surface area contributed by atoms with Crippen LogP contribution in [0.1, 0.15) is 22.2 Å². The van der Waals surface area contributed by atoms with Gasteiger partial charge in [0.25, 0.3) is 5.91 Å². The van der Waals surface area contributed by atoms with Gasteiger partial charge >= 0.3 is 0 Å². The van der Waals surface area contributed by atoms with Gasteiger partial charge in [-0.15, -0.1) is 11.3 Å². The Morgan fingerprint density at radius 3 is 2.53 bits per heavy atom. The van der Waals surface area contributed by atoms with E-state index in [4.69, 9.17) is 0 Å². The first-order valence-electron chi connectivity index (χ1n) is 5.89. The van der Waals surface area contributed by atoms with E-state index >= 15 is 0 Å². The third kappa shape index (κ3) is 2.89. The van der Waals surface area contributed by atoms with Crippen molar-refractivity contribution in [3.8, 4) is 0 Å². The van der Waals surface area contributed by atoms with Gasteiger partial charge in [-0.25, -0.2) is 0 Å². The maximum absolute atomic E-state index is 12.3. The second-order valence-electron chi connectivity index (χ2n) is 4.29. The summed E-state index contributed by atoms with van der Waals surface area (Å²) in [6.45, 7) is 8.94. The van der Waals surface area contributed by atoms with Gasteiger partial charge in [0.1, 0.15) is 0 Å². The number of nitrogens with zero attached hydrogens (tertiary/aromatic N) is 2. The van der Waals surface area contributed by atoms with E-state index in [1.165, 1.54) is 11.3 Å². The van der Waals surface area contributed by atoms with Crippen molar-refractivity contribution >= 4 is 33.2 Å². The van der Waals surface area contributed by atoms with E-state index in [0.717, 1.165) is 47.0 Å². The summed E-state index contributed by atoms with van der Waals surface area (Å²) in [5.74, 6) is 0.180.